The molecule has 0 fully saturated rings. The molecule has 0 aliphatic heterocycles. The van der Waals surface area contributed by atoms with E-state index in [1.165, 1.54) is 7.11 Å². The van der Waals surface area contributed by atoms with E-state index < -0.39 is 5.97 Å². The quantitative estimate of drug-likeness (QED) is 0.441. The first kappa shape index (κ1) is 18.9. The van der Waals surface area contributed by atoms with Gasteiger partial charge in [-0.1, -0.05) is 15.9 Å². The lowest BCUT2D eigenvalue weighted by atomic mass is 10.2. The van der Waals surface area contributed by atoms with Gasteiger partial charge in [0.25, 0.3) is 0 Å². The van der Waals surface area contributed by atoms with E-state index >= 15 is 0 Å². The second-order valence-corrected chi connectivity index (χ2v) is 7.12. The Morgan fingerprint density at radius 3 is 2.62 bits per heavy atom. The number of esters is 1. The summed E-state index contributed by atoms with van der Waals surface area (Å²) in [5, 5.41) is 4.07. The number of carbonyl (C=O) groups excluding carboxylic acids is 1. The van der Waals surface area contributed by atoms with Crippen LogP contribution in [-0.4, -0.2) is 34.7 Å². The normalized spacial score (nSPS) is 10.7. The molecule has 2 aromatic carbocycles. The zero-order valence-corrected chi connectivity index (χ0v) is 17.3. The molecule has 4 rings (SSSR count). The number of ether oxygens (including phenoxy) is 2. The topological polar surface area (TPSA) is 78.3 Å². The van der Waals surface area contributed by atoms with Gasteiger partial charge in [0.15, 0.2) is 0 Å². The fourth-order valence-corrected chi connectivity index (χ4v) is 3.42. The van der Waals surface area contributed by atoms with Crippen LogP contribution in [0.25, 0.3) is 16.7 Å². The molecule has 0 saturated carbocycles. The number of methoxy groups -OCH3 is 2. The molecule has 1 N–H and O–H groups in total. The minimum atomic E-state index is -0.402. The summed E-state index contributed by atoms with van der Waals surface area (Å²) in [6.07, 6.45) is 3.64. The third-order valence-corrected chi connectivity index (χ3v) is 4.81. The summed E-state index contributed by atoms with van der Waals surface area (Å²) in [7, 11) is 2.99. The zero-order chi connectivity index (χ0) is 20.4. The lowest BCUT2D eigenvalue weighted by Crippen LogP contribution is -2.04. The van der Waals surface area contributed by atoms with Gasteiger partial charge >= 0.3 is 5.97 Å². The van der Waals surface area contributed by atoms with Crippen LogP contribution >= 0.6 is 15.9 Å². The van der Waals surface area contributed by atoms with Crippen LogP contribution in [0.15, 0.2) is 65.4 Å². The van der Waals surface area contributed by atoms with Gasteiger partial charge < -0.3 is 19.4 Å². The first-order valence-electron chi connectivity index (χ1n) is 8.72. The van der Waals surface area contributed by atoms with Crippen molar-refractivity contribution < 1.29 is 14.3 Å². The smallest absolute Gasteiger partial charge is 0.337 e. The number of aromatic nitrogens is 3. The molecule has 0 unspecified atom stereocenters. The highest BCUT2D eigenvalue weighted by molar-refractivity contribution is 9.10. The fraction of sp³-hybridized carbons (Fsp3) is 0.0952. The van der Waals surface area contributed by atoms with E-state index in [2.05, 4.69) is 31.2 Å². The van der Waals surface area contributed by atoms with Crippen molar-refractivity contribution in [2.45, 2.75) is 0 Å². The van der Waals surface area contributed by atoms with E-state index in [1.54, 1.807) is 25.4 Å². The summed E-state index contributed by atoms with van der Waals surface area (Å²) in [4.78, 5) is 21.0. The van der Waals surface area contributed by atoms with Gasteiger partial charge in [0.1, 0.15) is 11.4 Å². The van der Waals surface area contributed by atoms with Crippen molar-refractivity contribution in [1.29, 1.82) is 0 Å². The van der Waals surface area contributed by atoms with Crippen molar-refractivity contribution in [1.82, 2.24) is 14.5 Å². The summed E-state index contributed by atoms with van der Waals surface area (Å²) in [5.41, 5.74) is 2.79. The number of benzene rings is 2. The van der Waals surface area contributed by atoms with Crippen LogP contribution in [0.1, 0.15) is 10.4 Å². The van der Waals surface area contributed by atoms with Gasteiger partial charge in [0, 0.05) is 33.6 Å². The number of rotatable bonds is 5. The number of halogens is 1. The summed E-state index contributed by atoms with van der Waals surface area (Å²) < 4.78 is 12.7. The largest absolute Gasteiger partial charge is 0.497 e. The molecule has 0 bridgehead atoms. The maximum atomic E-state index is 12.0. The molecule has 0 atom stereocenters. The summed E-state index contributed by atoms with van der Waals surface area (Å²) in [5.74, 6) is 0.836. The molecule has 0 aliphatic carbocycles. The lowest BCUT2D eigenvalue weighted by molar-refractivity contribution is 0.0600. The van der Waals surface area contributed by atoms with Crippen LogP contribution in [0.3, 0.4) is 0 Å². The highest BCUT2D eigenvalue weighted by Crippen LogP contribution is 2.25. The average Bonchev–Trinajstić information content (AvgIpc) is 3.16. The van der Waals surface area contributed by atoms with E-state index in [0.717, 1.165) is 27.0 Å². The molecule has 0 saturated heterocycles. The maximum absolute atomic E-state index is 12.0. The van der Waals surface area contributed by atoms with Gasteiger partial charge in [0.05, 0.1) is 19.8 Å². The Bertz CT molecular complexity index is 1190. The first-order chi connectivity index (χ1) is 14.1. The average molecular weight is 453 g/mol. The Hall–Kier alpha value is -3.39. The van der Waals surface area contributed by atoms with Crippen molar-refractivity contribution in [3.05, 3.63) is 71.0 Å². The molecule has 0 aliphatic rings. The number of carbonyl (C=O) groups is 1. The fourth-order valence-electron chi connectivity index (χ4n) is 2.94. The molecule has 2 aromatic heterocycles. The van der Waals surface area contributed by atoms with E-state index in [0.29, 0.717) is 17.2 Å². The highest BCUT2D eigenvalue weighted by atomic mass is 79.9. The molecule has 0 amide bonds. The zero-order valence-electron chi connectivity index (χ0n) is 15.7. The molecule has 29 heavy (non-hydrogen) atoms. The number of nitrogens with one attached hydrogen (secondary N) is 1. The Morgan fingerprint density at radius 2 is 1.90 bits per heavy atom. The Labute approximate surface area is 175 Å². The molecule has 0 radical (unpaired) electrons. The van der Waals surface area contributed by atoms with Gasteiger partial charge in [-0.05, 0) is 48.5 Å². The molecule has 146 valence electrons. The molecule has 7 nitrogen and oxygen atoms in total. The van der Waals surface area contributed by atoms with E-state index in [-0.39, 0.29) is 0 Å². The van der Waals surface area contributed by atoms with Crippen molar-refractivity contribution in [3.63, 3.8) is 0 Å². The third-order valence-electron chi connectivity index (χ3n) is 4.36. The summed E-state index contributed by atoms with van der Waals surface area (Å²) in [6.45, 7) is 0. The number of fused-ring (bicyclic) bond motifs is 1. The third kappa shape index (κ3) is 3.93. The second-order valence-electron chi connectivity index (χ2n) is 6.20. The molecule has 0 spiro atoms. The van der Waals surface area contributed by atoms with Crippen LogP contribution in [0.4, 0.5) is 11.6 Å². The highest BCUT2D eigenvalue weighted by Gasteiger charge is 2.12. The Balaban J connectivity index is 1.72. The molecular formula is C21H17BrN4O3. The molecule has 2 heterocycles. The Morgan fingerprint density at radius 1 is 1.10 bits per heavy atom. The summed E-state index contributed by atoms with van der Waals surface area (Å²) in [6, 6.07) is 14.8. The molecule has 8 heteroatoms. The second kappa shape index (κ2) is 7.92. The number of anilines is 2. The number of hydrogen-bond acceptors (Lipinski definition) is 6. The van der Waals surface area contributed by atoms with Crippen molar-refractivity contribution in [3.8, 4) is 11.4 Å². The van der Waals surface area contributed by atoms with Crippen LogP contribution in [-0.2, 0) is 4.74 Å². The van der Waals surface area contributed by atoms with Gasteiger partial charge in [-0.2, -0.15) is 4.98 Å². The van der Waals surface area contributed by atoms with Crippen LogP contribution in [0.5, 0.6) is 5.75 Å². The van der Waals surface area contributed by atoms with Crippen molar-refractivity contribution >= 4 is 44.6 Å². The first-order valence-corrected chi connectivity index (χ1v) is 9.51. The van der Waals surface area contributed by atoms with Gasteiger partial charge in [0.2, 0.25) is 5.95 Å². The van der Waals surface area contributed by atoms with Crippen LogP contribution < -0.4 is 10.1 Å². The van der Waals surface area contributed by atoms with Crippen molar-refractivity contribution in [2.75, 3.05) is 19.5 Å². The SMILES string of the molecule is COC(=O)c1cc(Br)cc(-n2ccc3cnc(Nc4ccc(OC)cc4)nc32)c1. The van der Waals surface area contributed by atoms with Gasteiger partial charge in [-0.25, -0.2) is 9.78 Å². The summed E-state index contributed by atoms with van der Waals surface area (Å²) >= 11 is 3.45. The predicted octanol–water partition coefficient (Wildman–Crippen LogP) is 4.72. The minimum absolute atomic E-state index is 0.402. The predicted molar refractivity (Wildman–Crippen MR) is 114 cm³/mol. The molecular weight excluding hydrogens is 436 g/mol. The lowest BCUT2D eigenvalue weighted by Gasteiger charge is -2.10. The van der Waals surface area contributed by atoms with E-state index in [1.807, 2.05) is 47.2 Å². The number of nitrogens with zero attached hydrogens (tertiary/aromatic N) is 3. The minimum Gasteiger partial charge on any atom is -0.497 e. The number of hydrogen-bond donors (Lipinski definition) is 1. The van der Waals surface area contributed by atoms with E-state index in [4.69, 9.17) is 9.47 Å². The van der Waals surface area contributed by atoms with Crippen LogP contribution in [0.2, 0.25) is 0 Å². The monoisotopic (exact) mass is 452 g/mol. The van der Waals surface area contributed by atoms with Crippen molar-refractivity contribution in [2.24, 2.45) is 0 Å². The standard InChI is InChI=1S/C21H17BrN4O3/c1-28-18-5-3-16(4-6-18)24-21-23-12-13-7-8-26(19(13)25-21)17-10-14(20(27)29-2)9-15(22)11-17/h3-12H,1-2H3,(H,23,24,25). The maximum Gasteiger partial charge on any atom is 0.337 e. The van der Waals surface area contributed by atoms with Gasteiger partial charge in [-0.3, -0.25) is 0 Å². The molecule has 4 aromatic rings. The van der Waals surface area contributed by atoms with Crippen LogP contribution in [0, 0.1) is 0 Å². The Kier molecular flexibility index (Phi) is 5.18. The van der Waals surface area contributed by atoms with E-state index in [9.17, 15) is 4.79 Å². The van der Waals surface area contributed by atoms with Gasteiger partial charge in [-0.15, -0.1) is 0 Å².